The molecule has 0 rings (SSSR count). The Bertz CT molecular complexity index is 533. The molecule has 0 aliphatic carbocycles. The van der Waals surface area contributed by atoms with Crippen molar-refractivity contribution in [1.29, 1.82) is 0 Å². The molecule has 0 spiro atoms. The smallest absolute Gasteiger partial charge is 0 e. The summed E-state index contributed by atoms with van der Waals surface area (Å²) in [6.07, 6.45) is 0. The summed E-state index contributed by atoms with van der Waals surface area (Å²) in [5.74, 6) is 0. The molecule has 17 heteroatoms. The zero-order valence-electron chi connectivity index (χ0n) is 45.6. The summed E-state index contributed by atoms with van der Waals surface area (Å²) in [5, 5.41) is 0. The molecule has 0 aromatic heterocycles. The van der Waals surface area contributed by atoms with E-state index in [1.54, 1.807) is 0 Å². The van der Waals surface area contributed by atoms with Gasteiger partial charge in [0.25, 0.3) is 0 Å². The summed E-state index contributed by atoms with van der Waals surface area (Å²) in [4.78, 5) is 0. The SMILES string of the molecule is CC(C)[PH+](C(C)C)C(C)C.CC(C)[PH+](C(C)C)C(C)C.CC(C)[PH+](C(C)C)C(C)C.CC(C)[PH+](C(C)C)C(C)C.CC(C)[PH+](C(C)C)C(C)C.[ClH+][Cu].[ClH+][Cu].[Cu].[Cu].[Cu].[Nb].[SeH].[SeH].[Se].[Se]. The third-order valence-electron chi connectivity index (χ3n) is 10.00. The zero-order chi connectivity index (χ0) is 45.5. The van der Waals surface area contributed by atoms with Crippen molar-refractivity contribution in [2.75, 3.05) is 0 Å². The summed E-state index contributed by atoms with van der Waals surface area (Å²) >= 11 is 7.54. The van der Waals surface area contributed by atoms with E-state index in [4.69, 9.17) is 0 Å². The topological polar surface area (TPSA) is 0 Å². The van der Waals surface area contributed by atoms with Crippen LogP contribution in [0.4, 0.5) is 0 Å². The quantitative estimate of drug-likeness (QED) is 0.113. The van der Waals surface area contributed by atoms with Crippen LogP contribution in [0.25, 0.3) is 0 Å². The molecule has 0 amide bonds. The number of hydrogen-bond acceptors (Lipinski definition) is 0. The number of hydrogen-bond donors (Lipinski definition) is 0. The van der Waals surface area contributed by atoms with Crippen molar-refractivity contribution in [3.05, 3.63) is 0 Å². The van der Waals surface area contributed by atoms with Gasteiger partial charge in [-0.25, -0.2) is 0 Å². The van der Waals surface area contributed by atoms with Crippen LogP contribution in [0, 0.1) is 20.2 Å². The minimum Gasteiger partial charge on any atom is 0 e. The summed E-state index contributed by atoms with van der Waals surface area (Å²) in [7, 11) is 6.81. The molecule has 0 aromatic carbocycles. The molecule has 62 heavy (non-hydrogen) atoms. The third kappa shape index (κ3) is 66.2. The van der Waals surface area contributed by atoms with Crippen LogP contribution in [-0.4, -0.2) is 153 Å². The maximum atomic E-state index is 3.77. The van der Waals surface area contributed by atoms with Gasteiger partial charge in [-0.05, 0) is 208 Å². The average molecular weight is 1610 g/mol. The summed E-state index contributed by atoms with van der Waals surface area (Å²) < 4.78 is 0. The molecule has 0 N–H and O–H groups in total. The molecule has 0 aliphatic heterocycles. The van der Waals surface area contributed by atoms with E-state index in [1.807, 2.05) is 0 Å². The first kappa shape index (κ1) is 110. The first-order chi connectivity index (χ1) is 24.3. The van der Waals surface area contributed by atoms with E-state index in [1.165, 1.54) is 0 Å². The molecular formula is C45H114Cl2Cu5NbP5Se4+7. The van der Waals surface area contributed by atoms with E-state index < -0.39 is 0 Å². The number of rotatable bonds is 15. The van der Waals surface area contributed by atoms with Crippen molar-refractivity contribution in [2.24, 2.45) is 0 Å². The van der Waals surface area contributed by atoms with Crippen LogP contribution in [0.3, 0.4) is 0 Å². The van der Waals surface area contributed by atoms with Crippen LogP contribution in [0.2, 0.25) is 0 Å². The Morgan fingerprint density at radius 1 is 0.210 bits per heavy atom. The van der Waals surface area contributed by atoms with Gasteiger partial charge in [0.2, 0.25) is 0 Å². The van der Waals surface area contributed by atoms with Crippen molar-refractivity contribution in [2.45, 2.75) is 293 Å². The van der Waals surface area contributed by atoms with Gasteiger partial charge in [-0.3, -0.25) is 0 Å². The Kier molecular flexibility index (Phi) is 123. The van der Waals surface area contributed by atoms with E-state index >= 15 is 0 Å². The van der Waals surface area contributed by atoms with Crippen LogP contribution >= 0.6 is 39.6 Å². The second-order valence-electron chi connectivity index (χ2n) is 19.8. The first-order valence-corrected chi connectivity index (χ1v) is 33.4. The molecule has 0 saturated heterocycles. The van der Waals surface area contributed by atoms with Gasteiger partial charge < -0.3 is 0 Å². The largest absolute Gasteiger partial charge is 0 e. The molecule has 0 fully saturated rings. The fraction of sp³-hybridized carbons (Fsp3) is 1.00. The van der Waals surface area contributed by atoms with E-state index in [9.17, 15) is 0 Å². The normalized spacial score (nSPS) is 10.4. The summed E-state index contributed by atoms with van der Waals surface area (Å²) in [6.45, 7) is 71.1. The van der Waals surface area contributed by atoms with Crippen LogP contribution in [0.1, 0.15) is 208 Å². The summed E-state index contributed by atoms with van der Waals surface area (Å²) in [6, 6.07) is 0. The zero-order valence-corrected chi connectivity index (χ0v) is 66.4. The molecule has 0 saturated carbocycles. The van der Waals surface area contributed by atoms with Gasteiger partial charge in [0.05, 0.1) is 84.9 Å². The van der Waals surface area contributed by atoms with Gasteiger partial charge in [-0.2, -0.15) is 0 Å². The van der Waals surface area contributed by atoms with Crippen molar-refractivity contribution < 1.29 is 124 Å². The molecule has 0 unspecified atom stereocenters. The van der Waals surface area contributed by atoms with Crippen LogP contribution < -0.4 is 0 Å². The predicted molar refractivity (Wildman–Crippen MR) is 297 cm³/mol. The maximum Gasteiger partial charge on any atom is 0 e. The minimum atomic E-state index is -0.0957. The molecule has 10 radical (unpaired) electrons. The fourth-order valence-electron chi connectivity index (χ4n) is 10.00. The molecule has 0 aromatic rings. The molecule has 0 heterocycles. The van der Waals surface area contributed by atoms with Gasteiger partial charge in [-0.15, -0.1) is 0 Å². The van der Waals surface area contributed by atoms with E-state index in [-0.39, 0.29) is 181 Å². The predicted octanol–water partition coefficient (Wildman–Crippen LogP) is 14.5. The second kappa shape index (κ2) is 69.1. The molecule has 0 bridgehead atoms. The monoisotopic (exact) mass is 1610 g/mol. The Labute approximate surface area is 517 Å². The summed E-state index contributed by atoms with van der Waals surface area (Å²) in [5.41, 5.74) is 14.0. The second-order valence-corrected chi connectivity index (χ2v) is 42.1. The van der Waals surface area contributed by atoms with Crippen molar-refractivity contribution in [3.63, 3.8) is 0 Å². The van der Waals surface area contributed by atoms with Gasteiger partial charge in [-0.1, -0.05) is 0 Å². The van der Waals surface area contributed by atoms with Crippen molar-refractivity contribution >= 4 is 108 Å². The Hall–Kier alpha value is 8.15. The van der Waals surface area contributed by atoms with E-state index in [2.05, 4.69) is 258 Å². The number of halogens is 2. The first-order valence-electron chi connectivity index (χ1n) is 21.9. The van der Waals surface area contributed by atoms with Crippen molar-refractivity contribution in [1.82, 2.24) is 0 Å². The van der Waals surface area contributed by atoms with Gasteiger partial charge in [0.1, 0.15) is 0 Å². The molecule has 410 valence electrons. The standard InChI is InChI=1S/5C9H21P.2ClH.5Cu.Nb.2HSe.2Se/c5*1-7(2)10(8(3)4)9(5)6;;;;;;;;;;;;/h5*7-9H,1-6H3;2*1H;;;;;;;2*1H;;/q;;;;;;;;;;2*+1;;;;;/p+5. The molecular weight excluding hydrogens is 1490 g/mol. The van der Waals surface area contributed by atoms with E-state index in [0.717, 1.165) is 84.9 Å². The Morgan fingerprint density at radius 3 is 0.242 bits per heavy atom. The van der Waals surface area contributed by atoms with Crippen LogP contribution in [0.15, 0.2) is 0 Å². The average Bonchev–Trinajstić information content (AvgIpc) is 2.93. The Balaban J connectivity index is -0.0000000325. The van der Waals surface area contributed by atoms with Crippen LogP contribution in [0.5, 0.6) is 0 Å². The minimum absolute atomic E-state index is 0. The van der Waals surface area contributed by atoms with Crippen LogP contribution in [-0.2, 0) is 104 Å². The van der Waals surface area contributed by atoms with Gasteiger partial charge in [0, 0.05) is 147 Å². The van der Waals surface area contributed by atoms with E-state index in [0.29, 0.717) is 0 Å². The molecule has 0 nitrogen and oxygen atoms in total. The maximum absolute atomic E-state index is 3.77. The molecule has 0 aliphatic rings. The van der Waals surface area contributed by atoms with Crippen molar-refractivity contribution in [3.8, 4) is 0 Å². The fourth-order valence-corrected chi connectivity index (χ4v) is 30.0. The van der Waals surface area contributed by atoms with Gasteiger partial charge in [0.15, 0.2) is 0 Å². The Morgan fingerprint density at radius 2 is 0.242 bits per heavy atom. The van der Waals surface area contributed by atoms with Gasteiger partial charge >= 0.3 is 84.5 Å². The molecule has 0 atom stereocenters. The third-order valence-corrected chi connectivity index (χ3v) is 30.0.